The van der Waals surface area contributed by atoms with Gasteiger partial charge in [0.05, 0.1) is 11.5 Å². The fourth-order valence-corrected chi connectivity index (χ4v) is 3.54. The fourth-order valence-electron chi connectivity index (χ4n) is 3.54. The minimum atomic E-state index is -4.44. The summed E-state index contributed by atoms with van der Waals surface area (Å²) < 4.78 is 38.4. The molecule has 132 valence electrons. The molecule has 25 heavy (non-hydrogen) atoms. The molecule has 0 saturated heterocycles. The first-order chi connectivity index (χ1) is 11.9. The van der Waals surface area contributed by atoms with Crippen LogP contribution in [-0.4, -0.2) is 16.1 Å². The molecule has 2 aromatic rings. The summed E-state index contributed by atoms with van der Waals surface area (Å²) in [7, 11) is 0. The van der Waals surface area contributed by atoms with Gasteiger partial charge in [0, 0.05) is 18.0 Å². The van der Waals surface area contributed by atoms with Crippen molar-refractivity contribution in [2.45, 2.75) is 37.8 Å². The lowest BCUT2D eigenvalue weighted by atomic mass is 9.84. The highest BCUT2D eigenvalue weighted by Crippen LogP contribution is 2.38. The maximum atomic E-state index is 12.8. The molecule has 1 N–H and O–H groups in total. The Hall–Kier alpha value is -2.37. The Morgan fingerprint density at radius 3 is 2.28 bits per heavy atom. The summed E-state index contributed by atoms with van der Waals surface area (Å²) in [6, 6.07) is 7.78. The number of nitrogens with zero attached hydrogens (tertiary/aromatic N) is 1. The third-order valence-electron chi connectivity index (χ3n) is 4.81. The standard InChI is InChI=1S/C19H18F3NO2/c20-19(21,22)16-9-15(10-23-11-16)12-5-7-14(8-6-12)17(18(24)25)13-3-1-2-4-13/h5-11,13,17H,1-4H2,(H,24,25)/t17-/m1/s1. The number of hydrogen-bond donors (Lipinski definition) is 1. The molecule has 1 aliphatic rings. The number of benzene rings is 1. The molecule has 1 aromatic carbocycles. The summed E-state index contributed by atoms with van der Waals surface area (Å²) in [6.45, 7) is 0. The van der Waals surface area contributed by atoms with Crippen molar-refractivity contribution in [3.8, 4) is 11.1 Å². The molecule has 3 rings (SSSR count). The second-order valence-electron chi connectivity index (χ2n) is 6.44. The van der Waals surface area contributed by atoms with Gasteiger partial charge in [-0.15, -0.1) is 0 Å². The average Bonchev–Trinajstić information content (AvgIpc) is 3.09. The predicted octanol–water partition coefficient (Wildman–Crippen LogP) is 5.13. The second kappa shape index (κ2) is 6.86. The van der Waals surface area contributed by atoms with E-state index < -0.39 is 23.6 Å². The van der Waals surface area contributed by atoms with Crippen LogP contribution in [0.2, 0.25) is 0 Å². The molecule has 1 saturated carbocycles. The van der Waals surface area contributed by atoms with Crippen molar-refractivity contribution in [2.75, 3.05) is 0 Å². The number of hydrogen-bond acceptors (Lipinski definition) is 2. The maximum absolute atomic E-state index is 12.8. The first kappa shape index (κ1) is 17.5. The van der Waals surface area contributed by atoms with E-state index in [2.05, 4.69) is 4.98 Å². The normalized spacial score (nSPS) is 16.8. The summed E-state index contributed by atoms with van der Waals surface area (Å²) >= 11 is 0. The van der Waals surface area contributed by atoms with Gasteiger partial charge in [-0.2, -0.15) is 13.2 Å². The van der Waals surface area contributed by atoms with Crippen molar-refractivity contribution < 1.29 is 23.1 Å². The Morgan fingerprint density at radius 2 is 1.72 bits per heavy atom. The fraction of sp³-hybridized carbons (Fsp3) is 0.368. The Morgan fingerprint density at radius 1 is 1.08 bits per heavy atom. The number of aromatic nitrogens is 1. The Balaban J connectivity index is 1.88. The number of alkyl halides is 3. The van der Waals surface area contributed by atoms with Gasteiger partial charge in [0.15, 0.2) is 0 Å². The molecule has 1 atom stereocenters. The smallest absolute Gasteiger partial charge is 0.417 e. The topological polar surface area (TPSA) is 50.2 Å². The summed E-state index contributed by atoms with van der Waals surface area (Å²) in [6.07, 6.45) is 1.60. The Kier molecular flexibility index (Phi) is 4.79. The first-order valence-corrected chi connectivity index (χ1v) is 8.21. The number of halogens is 3. The third-order valence-corrected chi connectivity index (χ3v) is 4.81. The molecule has 3 nitrogen and oxygen atoms in total. The maximum Gasteiger partial charge on any atom is 0.417 e. The van der Waals surface area contributed by atoms with E-state index in [1.807, 2.05) is 0 Å². The van der Waals surface area contributed by atoms with Crippen LogP contribution in [0.5, 0.6) is 0 Å². The van der Waals surface area contributed by atoms with Gasteiger partial charge in [0.2, 0.25) is 0 Å². The number of rotatable bonds is 4. The minimum absolute atomic E-state index is 0.124. The molecule has 0 aliphatic heterocycles. The van der Waals surface area contributed by atoms with Crippen LogP contribution in [0.4, 0.5) is 13.2 Å². The van der Waals surface area contributed by atoms with Crippen molar-refractivity contribution in [3.05, 3.63) is 53.9 Å². The van der Waals surface area contributed by atoms with Crippen molar-refractivity contribution in [1.82, 2.24) is 4.98 Å². The summed E-state index contributed by atoms with van der Waals surface area (Å²) in [5.41, 5.74) is 0.832. The van der Waals surface area contributed by atoms with E-state index in [4.69, 9.17) is 0 Å². The zero-order valence-corrected chi connectivity index (χ0v) is 13.5. The molecule has 1 aliphatic carbocycles. The van der Waals surface area contributed by atoms with Gasteiger partial charge in [0.1, 0.15) is 0 Å². The molecule has 0 bridgehead atoms. The lowest BCUT2D eigenvalue weighted by molar-refractivity contribution is -0.140. The zero-order chi connectivity index (χ0) is 18.0. The van der Waals surface area contributed by atoms with Gasteiger partial charge < -0.3 is 5.11 Å². The van der Waals surface area contributed by atoms with Gasteiger partial charge in [0.25, 0.3) is 0 Å². The predicted molar refractivity (Wildman–Crippen MR) is 87.0 cm³/mol. The lowest BCUT2D eigenvalue weighted by Gasteiger charge is -2.20. The molecule has 1 aromatic heterocycles. The summed E-state index contributed by atoms with van der Waals surface area (Å²) in [5, 5.41) is 9.56. The lowest BCUT2D eigenvalue weighted by Crippen LogP contribution is -2.19. The Labute approximate surface area is 143 Å². The van der Waals surface area contributed by atoms with Crippen LogP contribution in [0.25, 0.3) is 11.1 Å². The summed E-state index contributed by atoms with van der Waals surface area (Å²) in [4.78, 5) is 15.3. The van der Waals surface area contributed by atoms with Crippen LogP contribution in [-0.2, 0) is 11.0 Å². The van der Waals surface area contributed by atoms with Crippen LogP contribution < -0.4 is 0 Å². The van der Waals surface area contributed by atoms with Gasteiger partial charge >= 0.3 is 12.1 Å². The molecular formula is C19H18F3NO2. The average molecular weight is 349 g/mol. The molecule has 0 spiro atoms. The van der Waals surface area contributed by atoms with Crippen molar-refractivity contribution in [1.29, 1.82) is 0 Å². The highest BCUT2D eigenvalue weighted by molar-refractivity contribution is 5.77. The van der Waals surface area contributed by atoms with Gasteiger partial charge in [-0.1, -0.05) is 37.1 Å². The third kappa shape index (κ3) is 3.83. The Bertz CT molecular complexity index is 750. The van der Waals surface area contributed by atoms with E-state index in [0.29, 0.717) is 16.7 Å². The summed E-state index contributed by atoms with van der Waals surface area (Å²) in [5.74, 6) is -1.28. The van der Waals surface area contributed by atoms with Crippen molar-refractivity contribution in [2.24, 2.45) is 5.92 Å². The van der Waals surface area contributed by atoms with Crippen LogP contribution in [0, 0.1) is 5.92 Å². The molecule has 6 heteroatoms. The minimum Gasteiger partial charge on any atom is -0.481 e. The van der Waals surface area contributed by atoms with E-state index >= 15 is 0 Å². The molecular weight excluding hydrogens is 331 g/mol. The number of pyridine rings is 1. The van der Waals surface area contributed by atoms with E-state index in [9.17, 15) is 23.1 Å². The van der Waals surface area contributed by atoms with Gasteiger partial charge in [-0.3, -0.25) is 9.78 Å². The number of carboxylic acids is 1. The van der Waals surface area contributed by atoms with Gasteiger partial charge in [-0.05, 0) is 36.0 Å². The van der Waals surface area contributed by atoms with Crippen LogP contribution in [0.3, 0.4) is 0 Å². The highest BCUT2D eigenvalue weighted by atomic mass is 19.4. The number of aliphatic carboxylic acids is 1. The monoisotopic (exact) mass is 349 g/mol. The first-order valence-electron chi connectivity index (χ1n) is 8.21. The quantitative estimate of drug-likeness (QED) is 0.833. The van der Waals surface area contributed by atoms with Crippen LogP contribution in [0.1, 0.15) is 42.7 Å². The second-order valence-corrected chi connectivity index (χ2v) is 6.44. The number of carbonyl (C=O) groups is 1. The largest absolute Gasteiger partial charge is 0.481 e. The SMILES string of the molecule is O=C(O)[C@@H](c1ccc(-c2cncc(C(F)(F)F)c2)cc1)C1CCCC1. The number of carboxylic acid groups (broad SMARTS) is 1. The molecule has 1 heterocycles. The van der Waals surface area contributed by atoms with E-state index in [-0.39, 0.29) is 5.92 Å². The molecule has 0 amide bonds. The van der Waals surface area contributed by atoms with E-state index in [1.54, 1.807) is 24.3 Å². The van der Waals surface area contributed by atoms with E-state index in [0.717, 1.165) is 37.9 Å². The molecule has 0 unspecified atom stereocenters. The molecule has 1 fully saturated rings. The van der Waals surface area contributed by atoms with Crippen molar-refractivity contribution in [3.63, 3.8) is 0 Å². The van der Waals surface area contributed by atoms with Crippen molar-refractivity contribution >= 4 is 5.97 Å². The molecule has 0 radical (unpaired) electrons. The highest BCUT2D eigenvalue weighted by Gasteiger charge is 2.32. The van der Waals surface area contributed by atoms with E-state index in [1.165, 1.54) is 6.20 Å². The van der Waals surface area contributed by atoms with Crippen LogP contribution >= 0.6 is 0 Å². The zero-order valence-electron chi connectivity index (χ0n) is 13.5. The van der Waals surface area contributed by atoms with Crippen LogP contribution in [0.15, 0.2) is 42.7 Å². The van der Waals surface area contributed by atoms with Gasteiger partial charge in [-0.25, -0.2) is 0 Å².